The summed E-state index contributed by atoms with van der Waals surface area (Å²) >= 11 is 0. The maximum absolute atomic E-state index is 10.9. The van der Waals surface area contributed by atoms with Crippen molar-refractivity contribution in [2.24, 2.45) is 5.92 Å². The van der Waals surface area contributed by atoms with Gasteiger partial charge in [-0.25, -0.2) is 0 Å². The van der Waals surface area contributed by atoms with Crippen LogP contribution in [0.25, 0.3) is 0 Å². The lowest BCUT2D eigenvalue weighted by molar-refractivity contribution is -0.148. The van der Waals surface area contributed by atoms with Gasteiger partial charge in [0.2, 0.25) is 0 Å². The molecule has 0 saturated heterocycles. The summed E-state index contributed by atoms with van der Waals surface area (Å²) < 4.78 is 21.8. The van der Waals surface area contributed by atoms with Crippen LogP contribution in [0.4, 0.5) is 0 Å². The van der Waals surface area contributed by atoms with Gasteiger partial charge in [-0.2, -0.15) is 0 Å². The zero-order valence-corrected chi connectivity index (χ0v) is 10.6. The molecule has 0 heterocycles. The smallest absolute Gasteiger partial charge is 0.340 e. The van der Waals surface area contributed by atoms with Crippen LogP contribution >= 0.6 is 15.2 Å². The van der Waals surface area contributed by atoms with Crippen molar-refractivity contribution < 1.29 is 48.5 Å². The lowest BCUT2D eigenvalue weighted by Crippen LogP contribution is -2.23. The molecule has 0 aromatic heterocycles. The molecule has 0 rings (SSSR count). The van der Waals surface area contributed by atoms with Gasteiger partial charge >= 0.3 is 27.1 Å². The molecule has 0 amide bonds. The van der Waals surface area contributed by atoms with E-state index in [1.54, 1.807) is 0 Å². The average molecular weight is 306 g/mol. The van der Waals surface area contributed by atoms with Gasteiger partial charge in [0.1, 0.15) is 0 Å². The van der Waals surface area contributed by atoms with Crippen LogP contribution in [0, 0.1) is 5.92 Å². The number of rotatable bonds is 7. The highest BCUT2D eigenvalue weighted by molar-refractivity contribution is 7.70. The van der Waals surface area contributed by atoms with Gasteiger partial charge in [0.15, 0.2) is 5.40 Å². The van der Waals surface area contributed by atoms with Crippen molar-refractivity contribution in [1.82, 2.24) is 0 Å². The zero-order valence-electron chi connectivity index (χ0n) is 8.78. The third-order valence-corrected chi connectivity index (χ3v) is 5.82. The molecule has 18 heavy (non-hydrogen) atoms. The van der Waals surface area contributed by atoms with Gasteiger partial charge < -0.3 is 29.8 Å². The van der Waals surface area contributed by atoms with Crippen LogP contribution in [0.3, 0.4) is 0 Å². The van der Waals surface area contributed by atoms with E-state index < -0.39 is 51.3 Å². The molecular weight excluding hydrogens is 294 g/mol. The van der Waals surface area contributed by atoms with E-state index in [9.17, 15) is 18.7 Å². The van der Waals surface area contributed by atoms with E-state index in [0.29, 0.717) is 0 Å². The normalized spacial score (nSPS) is 14.5. The Labute approximate surface area is 101 Å². The first-order chi connectivity index (χ1) is 7.85. The molecule has 0 saturated carbocycles. The number of carbonyl (C=O) groups is 2. The summed E-state index contributed by atoms with van der Waals surface area (Å²) in [6.45, 7) is 0. The first-order valence-electron chi connectivity index (χ1n) is 4.40. The summed E-state index contributed by atoms with van der Waals surface area (Å²) in [7, 11) is -10.5. The Morgan fingerprint density at radius 2 is 1.33 bits per heavy atom. The molecule has 0 aliphatic heterocycles. The molecule has 0 aromatic carbocycles. The zero-order chi connectivity index (χ0) is 14.7. The Kier molecular flexibility index (Phi) is 5.67. The monoisotopic (exact) mass is 306 g/mol. The summed E-state index contributed by atoms with van der Waals surface area (Å²) in [5.74, 6) is -5.06. The molecule has 0 aliphatic rings. The number of hydrogen-bond acceptors (Lipinski definition) is 4. The largest absolute Gasteiger partial charge is 0.481 e. The number of carboxylic acid groups (broad SMARTS) is 2. The van der Waals surface area contributed by atoms with Crippen LogP contribution in [0.1, 0.15) is 12.8 Å². The Morgan fingerprint density at radius 1 is 0.944 bits per heavy atom. The molecule has 106 valence electrons. The highest BCUT2D eigenvalue weighted by atomic mass is 31.2. The third-order valence-electron chi connectivity index (χ3n) is 2.04. The van der Waals surface area contributed by atoms with E-state index in [1.807, 2.05) is 0 Å². The Hall–Kier alpha value is -0.760. The minimum Gasteiger partial charge on any atom is -0.481 e. The Morgan fingerprint density at radius 3 is 1.56 bits per heavy atom. The van der Waals surface area contributed by atoms with Crippen LogP contribution in [-0.2, 0) is 18.7 Å². The molecule has 12 heteroatoms. The molecule has 1 atom stereocenters. The first kappa shape index (κ1) is 17.2. The Balaban J connectivity index is 5.18. The van der Waals surface area contributed by atoms with Gasteiger partial charge in [-0.05, 0) is 6.42 Å². The second-order valence-corrected chi connectivity index (χ2v) is 7.54. The summed E-state index contributed by atoms with van der Waals surface area (Å²) in [5.41, 5.74) is 0. The van der Waals surface area contributed by atoms with Crippen LogP contribution in [0.15, 0.2) is 0 Å². The third kappa shape index (κ3) is 5.72. The predicted octanol–water partition coefficient (Wildman–Crippen LogP) is -0.766. The minimum absolute atomic E-state index is 0.994. The summed E-state index contributed by atoms with van der Waals surface area (Å²) in [6.07, 6.45) is -2.12. The van der Waals surface area contributed by atoms with Gasteiger partial charge in [-0.3, -0.25) is 18.7 Å². The second kappa shape index (κ2) is 5.92. The highest BCUT2D eigenvalue weighted by Gasteiger charge is 2.45. The van der Waals surface area contributed by atoms with Crippen molar-refractivity contribution >= 4 is 27.1 Å². The van der Waals surface area contributed by atoms with Gasteiger partial charge in [-0.1, -0.05) is 0 Å². The first-order valence-corrected chi connectivity index (χ1v) is 7.77. The SMILES string of the molecule is O=C(O)CC(CC(P(=O)(O)O)P(=O)(O)O)C(=O)O. The van der Waals surface area contributed by atoms with Crippen molar-refractivity contribution in [3.05, 3.63) is 0 Å². The van der Waals surface area contributed by atoms with Crippen molar-refractivity contribution in [1.29, 1.82) is 0 Å². The van der Waals surface area contributed by atoms with Crippen LogP contribution in [0.2, 0.25) is 0 Å². The fraction of sp³-hybridized carbons (Fsp3) is 0.667. The van der Waals surface area contributed by atoms with E-state index in [1.165, 1.54) is 0 Å². The standard InChI is InChI=1S/C6H12O10P2/c7-4(8)1-3(6(9)10)2-5(17(11,12)13)18(14,15)16/h3,5H,1-2H2,(H,7,8)(H,9,10)(H2,11,12,13)(H2,14,15,16). The fourth-order valence-electron chi connectivity index (χ4n) is 1.21. The van der Waals surface area contributed by atoms with Crippen LogP contribution < -0.4 is 0 Å². The van der Waals surface area contributed by atoms with Crippen LogP contribution in [-0.4, -0.2) is 47.1 Å². The summed E-state index contributed by atoms with van der Waals surface area (Å²) in [5, 5.41) is 14.5. The molecule has 1 unspecified atom stereocenters. The van der Waals surface area contributed by atoms with Crippen molar-refractivity contribution in [2.75, 3.05) is 0 Å². The molecule has 10 nitrogen and oxygen atoms in total. The maximum Gasteiger partial charge on any atom is 0.340 e. The molecule has 0 aromatic rings. The van der Waals surface area contributed by atoms with Crippen molar-refractivity contribution in [2.45, 2.75) is 18.2 Å². The second-order valence-electron chi connectivity index (χ2n) is 3.53. The predicted molar refractivity (Wildman–Crippen MR) is 55.9 cm³/mol. The van der Waals surface area contributed by atoms with E-state index in [2.05, 4.69) is 0 Å². The molecular formula is C6H12O10P2. The maximum atomic E-state index is 10.9. The van der Waals surface area contributed by atoms with Gasteiger partial charge in [-0.15, -0.1) is 0 Å². The van der Waals surface area contributed by atoms with Crippen molar-refractivity contribution in [3.63, 3.8) is 0 Å². The lowest BCUT2D eigenvalue weighted by Gasteiger charge is -2.21. The Bertz CT molecular complexity index is 396. The topological polar surface area (TPSA) is 190 Å². The molecule has 0 radical (unpaired) electrons. The summed E-state index contributed by atoms with van der Waals surface area (Å²) in [4.78, 5) is 56.0. The molecule has 6 N–H and O–H groups in total. The molecule has 0 bridgehead atoms. The van der Waals surface area contributed by atoms with E-state index >= 15 is 0 Å². The van der Waals surface area contributed by atoms with Crippen molar-refractivity contribution in [3.8, 4) is 0 Å². The van der Waals surface area contributed by atoms with Gasteiger partial charge in [0.05, 0.1) is 12.3 Å². The highest BCUT2D eigenvalue weighted by Crippen LogP contribution is 2.62. The average Bonchev–Trinajstić information content (AvgIpc) is 2.06. The number of aliphatic carboxylic acids is 2. The summed E-state index contributed by atoms with van der Waals surface area (Å²) in [6, 6.07) is 0. The fourth-order valence-corrected chi connectivity index (χ4v) is 3.83. The molecule has 0 aliphatic carbocycles. The molecule has 0 spiro atoms. The quantitative estimate of drug-likeness (QED) is 0.326. The molecule has 0 fully saturated rings. The van der Waals surface area contributed by atoms with Crippen LogP contribution in [0.5, 0.6) is 0 Å². The van der Waals surface area contributed by atoms with E-state index in [-0.39, 0.29) is 0 Å². The number of carboxylic acids is 2. The van der Waals surface area contributed by atoms with E-state index in [0.717, 1.165) is 0 Å². The van der Waals surface area contributed by atoms with Gasteiger partial charge in [0.25, 0.3) is 0 Å². The van der Waals surface area contributed by atoms with Gasteiger partial charge in [0, 0.05) is 0 Å². The number of hydrogen-bond donors (Lipinski definition) is 6. The van der Waals surface area contributed by atoms with E-state index in [4.69, 9.17) is 29.8 Å². The lowest BCUT2D eigenvalue weighted by atomic mass is 10.0. The minimum atomic E-state index is -5.25.